The quantitative estimate of drug-likeness (QED) is 0.251. The minimum Gasteiger partial charge on any atom is -0.361 e. The molecule has 3 rings (SSSR count). The maximum absolute atomic E-state index is 13.3. The van der Waals surface area contributed by atoms with Gasteiger partial charge in [0.25, 0.3) is 0 Å². The van der Waals surface area contributed by atoms with Gasteiger partial charge in [-0.25, -0.2) is 9.37 Å². The Morgan fingerprint density at radius 3 is 2.68 bits per heavy atom. The van der Waals surface area contributed by atoms with Crippen LogP contribution in [0.4, 0.5) is 4.39 Å². The highest BCUT2D eigenvalue weighted by molar-refractivity contribution is 14.0. The van der Waals surface area contributed by atoms with Crippen LogP contribution >= 0.6 is 35.3 Å². The maximum atomic E-state index is 13.3. The second-order valence-corrected chi connectivity index (χ2v) is 7.68. The molecule has 28 heavy (non-hydrogen) atoms. The first-order valence-electron chi connectivity index (χ1n) is 9.26. The molecule has 0 amide bonds. The molecule has 0 bridgehead atoms. The Balaban J connectivity index is 0.00000280. The number of halogens is 2. The number of fused-ring (bicyclic) bond motifs is 1. The molecule has 5 nitrogen and oxygen atoms in total. The van der Waals surface area contributed by atoms with E-state index in [0.717, 1.165) is 49.2 Å². The second kappa shape index (κ2) is 10.8. The number of thiazole rings is 1. The van der Waals surface area contributed by atoms with Gasteiger partial charge in [0.1, 0.15) is 5.82 Å². The fourth-order valence-corrected chi connectivity index (χ4v) is 4.13. The van der Waals surface area contributed by atoms with Crippen LogP contribution in [-0.4, -0.2) is 36.1 Å². The van der Waals surface area contributed by atoms with Gasteiger partial charge in [-0.1, -0.05) is 6.92 Å². The molecule has 3 N–H and O–H groups in total. The summed E-state index contributed by atoms with van der Waals surface area (Å²) in [7, 11) is 1.77. The Morgan fingerprint density at radius 1 is 1.25 bits per heavy atom. The van der Waals surface area contributed by atoms with Gasteiger partial charge in [-0.2, -0.15) is 0 Å². The monoisotopic (exact) mass is 515 g/mol. The van der Waals surface area contributed by atoms with Crippen LogP contribution < -0.4 is 10.6 Å². The Morgan fingerprint density at radius 2 is 2.00 bits per heavy atom. The van der Waals surface area contributed by atoms with Crippen LogP contribution in [0.25, 0.3) is 10.9 Å². The molecule has 152 valence electrons. The topological polar surface area (TPSA) is 65.1 Å². The van der Waals surface area contributed by atoms with E-state index in [2.05, 4.69) is 39.4 Å². The van der Waals surface area contributed by atoms with E-state index in [1.54, 1.807) is 18.4 Å². The predicted octanol–water partition coefficient (Wildman–Crippen LogP) is 4.20. The molecule has 0 aliphatic carbocycles. The lowest BCUT2D eigenvalue weighted by Gasteiger charge is -2.11. The lowest BCUT2D eigenvalue weighted by molar-refractivity contribution is 0.629. The minimum absolute atomic E-state index is 0. The molecule has 0 radical (unpaired) electrons. The zero-order valence-corrected chi connectivity index (χ0v) is 19.6. The summed E-state index contributed by atoms with van der Waals surface area (Å²) in [5, 5.41) is 8.90. The first-order chi connectivity index (χ1) is 13.1. The molecule has 0 saturated carbocycles. The summed E-state index contributed by atoms with van der Waals surface area (Å²) in [6.07, 6.45) is 4.65. The van der Waals surface area contributed by atoms with Gasteiger partial charge in [-0.3, -0.25) is 4.99 Å². The summed E-state index contributed by atoms with van der Waals surface area (Å²) >= 11 is 1.77. The summed E-state index contributed by atoms with van der Waals surface area (Å²) in [5.74, 6) is 0.560. The largest absolute Gasteiger partial charge is 0.361 e. The third-order valence-corrected chi connectivity index (χ3v) is 5.62. The molecule has 0 saturated heterocycles. The number of nitrogens with one attached hydrogen (secondary N) is 3. The highest BCUT2D eigenvalue weighted by atomic mass is 127. The number of benzene rings is 1. The molecule has 2 heterocycles. The highest BCUT2D eigenvalue weighted by Crippen LogP contribution is 2.19. The second-order valence-electron chi connectivity index (χ2n) is 6.39. The number of aryl methyl sites for hydroxylation is 2. The lowest BCUT2D eigenvalue weighted by atomic mass is 10.1. The first-order valence-corrected chi connectivity index (χ1v) is 10.1. The van der Waals surface area contributed by atoms with E-state index in [9.17, 15) is 4.39 Å². The van der Waals surface area contributed by atoms with Gasteiger partial charge in [-0.15, -0.1) is 35.3 Å². The molecule has 0 fully saturated rings. The van der Waals surface area contributed by atoms with E-state index in [1.807, 2.05) is 12.3 Å². The Bertz CT molecular complexity index is 934. The Hall–Kier alpha value is -1.68. The van der Waals surface area contributed by atoms with Crippen molar-refractivity contribution in [2.24, 2.45) is 4.99 Å². The summed E-state index contributed by atoms with van der Waals surface area (Å²) in [6, 6.07) is 4.85. The van der Waals surface area contributed by atoms with Crippen molar-refractivity contribution in [2.45, 2.75) is 33.1 Å². The highest BCUT2D eigenvalue weighted by Gasteiger charge is 2.07. The van der Waals surface area contributed by atoms with Crippen molar-refractivity contribution < 1.29 is 4.39 Å². The van der Waals surface area contributed by atoms with Crippen LogP contribution in [-0.2, 0) is 19.3 Å². The van der Waals surface area contributed by atoms with Crippen LogP contribution in [0.5, 0.6) is 0 Å². The molecular formula is C20H27FIN5S. The smallest absolute Gasteiger partial charge is 0.191 e. The van der Waals surface area contributed by atoms with Gasteiger partial charge in [0, 0.05) is 48.5 Å². The number of aromatic nitrogens is 2. The molecule has 1 aromatic carbocycles. The average molecular weight is 515 g/mol. The first kappa shape index (κ1) is 22.6. The standard InChI is InChI=1S/C20H26FN5S.HI/c1-4-17-13(2)27-19(26-17)8-10-24-20(22-3)23-9-7-14-12-25-18-11-15(21)5-6-16(14)18;/h5-6,11-12,25H,4,7-10H2,1-3H3,(H2,22,23,24);1H. The molecule has 0 aliphatic rings. The minimum atomic E-state index is -0.222. The number of guanidine groups is 1. The molecule has 0 aliphatic heterocycles. The zero-order chi connectivity index (χ0) is 19.2. The number of hydrogen-bond acceptors (Lipinski definition) is 3. The molecule has 3 aromatic rings. The molecule has 0 unspecified atom stereocenters. The van der Waals surface area contributed by atoms with Crippen LogP contribution in [0.3, 0.4) is 0 Å². The van der Waals surface area contributed by atoms with Gasteiger partial charge in [0.05, 0.1) is 10.7 Å². The van der Waals surface area contributed by atoms with Crippen LogP contribution in [0.15, 0.2) is 29.4 Å². The van der Waals surface area contributed by atoms with Crippen molar-refractivity contribution >= 4 is 52.2 Å². The van der Waals surface area contributed by atoms with Crippen molar-refractivity contribution in [3.8, 4) is 0 Å². The number of nitrogens with zero attached hydrogens (tertiary/aromatic N) is 2. The van der Waals surface area contributed by atoms with Crippen LogP contribution in [0.1, 0.15) is 28.1 Å². The van der Waals surface area contributed by atoms with E-state index in [0.29, 0.717) is 0 Å². The van der Waals surface area contributed by atoms with E-state index in [1.165, 1.54) is 33.3 Å². The predicted molar refractivity (Wildman–Crippen MR) is 127 cm³/mol. The fraction of sp³-hybridized carbons (Fsp3) is 0.400. The third kappa shape index (κ3) is 5.66. The van der Waals surface area contributed by atoms with Crippen molar-refractivity contribution in [2.75, 3.05) is 20.1 Å². The number of hydrogen-bond donors (Lipinski definition) is 3. The summed E-state index contributed by atoms with van der Waals surface area (Å²) in [6.45, 7) is 5.82. The van der Waals surface area contributed by atoms with E-state index in [-0.39, 0.29) is 29.8 Å². The molecule has 8 heteroatoms. The van der Waals surface area contributed by atoms with Crippen molar-refractivity contribution in [1.82, 2.24) is 20.6 Å². The number of rotatable bonds is 7. The third-order valence-electron chi connectivity index (χ3n) is 4.54. The number of aromatic amines is 1. The molecule has 2 aromatic heterocycles. The molecule has 0 atom stereocenters. The van der Waals surface area contributed by atoms with Crippen molar-refractivity contribution in [3.63, 3.8) is 0 Å². The van der Waals surface area contributed by atoms with Gasteiger partial charge in [0.15, 0.2) is 5.96 Å². The van der Waals surface area contributed by atoms with Crippen LogP contribution in [0.2, 0.25) is 0 Å². The zero-order valence-electron chi connectivity index (χ0n) is 16.4. The number of H-pyrrole nitrogens is 1. The summed E-state index contributed by atoms with van der Waals surface area (Å²) in [4.78, 5) is 13.4. The van der Waals surface area contributed by atoms with Crippen molar-refractivity contribution in [1.29, 1.82) is 0 Å². The van der Waals surface area contributed by atoms with Gasteiger partial charge in [-0.05, 0) is 43.5 Å². The van der Waals surface area contributed by atoms with Gasteiger partial charge < -0.3 is 15.6 Å². The van der Waals surface area contributed by atoms with Gasteiger partial charge in [0.2, 0.25) is 0 Å². The normalized spacial score (nSPS) is 11.5. The Kier molecular flexibility index (Phi) is 8.68. The van der Waals surface area contributed by atoms with E-state index in [4.69, 9.17) is 0 Å². The van der Waals surface area contributed by atoms with Gasteiger partial charge >= 0.3 is 0 Å². The van der Waals surface area contributed by atoms with Crippen LogP contribution in [0, 0.1) is 12.7 Å². The molecule has 0 spiro atoms. The lowest BCUT2D eigenvalue weighted by Crippen LogP contribution is -2.39. The Labute approximate surface area is 186 Å². The van der Waals surface area contributed by atoms with Crippen molar-refractivity contribution in [3.05, 3.63) is 51.4 Å². The van der Waals surface area contributed by atoms with E-state index >= 15 is 0 Å². The van der Waals surface area contributed by atoms with E-state index < -0.39 is 0 Å². The fourth-order valence-electron chi connectivity index (χ4n) is 3.11. The summed E-state index contributed by atoms with van der Waals surface area (Å²) in [5.41, 5.74) is 3.20. The number of aliphatic imine (C=N–C) groups is 1. The molecular weight excluding hydrogens is 488 g/mol. The summed E-state index contributed by atoms with van der Waals surface area (Å²) < 4.78 is 13.3. The average Bonchev–Trinajstić information content (AvgIpc) is 3.22. The SMILES string of the molecule is CCc1nc(CCNC(=NC)NCCc2c[nH]c3cc(F)ccc23)sc1C.I. The maximum Gasteiger partial charge on any atom is 0.191 e.